The summed E-state index contributed by atoms with van der Waals surface area (Å²) in [6.07, 6.45) is 2.86. The summed E-state index contributed by atoms with van der Waals surface area (Å²) in [5, 5.41) is 16.7. The molecule has 3 aromatic heterocycles. The van der Waals surface area contributed by atoms with Crippen LogP contribution in [0.15, 0.2) is 57.1 Å². The molecule has 0 aliphatic rings. The van der Waals surface area contributed by atoms with Crippen molar-refractivity contribution in [2.75, 3.05) is 0 Å². The first-order chi connectivity index (χ1) is 18.6. The molecule has 13 nitrogen and oxygen atoms in total. The Hall–Kier alpha value is -4.80. The first-order valence-corrected chi connectivity index (χ1v) is 11.8. The van der Waals surface area contributed by atoms with Gasteiger partial charge in [0.2, 0.25) is 11.6 Å². The number of nitrogens with zero attached hydrogens (tertiary/aromatic N) is 6. The number of aromatic nitrogens is 6. The Balaban J connectivity index is 1.67. The van der Waals surface area contributed by atoms with Gasteiger partial charge < -0.3 is 9.47 Å². The van der Waals surface area contributed by atoms with Gasteiger partial charge in [0.15, 0.2) is 12.5 Å². The van der Waals surface area contributed by atoms with Gasteiger partial charge in [-0.3, -0.25) is 19.6 Å². The highest BCUT2D eigenvalue weighted by molar-refractivity contribution is 6.37. The Morgan fingerprint density at radius 3 is 2.38 bits per heavy atom. The Kier molecular flexibility index (Phi) is 7.89. The molecule has 39 heavy (non-hydrogen) atoms. The third-order valence-corrected chi connectivity index (χ3v) is 5.77. The molecule has 0 saturated carbocycles. The average Bonchev–Trinajstić information content (AvgIpc) is 2.90. The molecule has 0 saturated heterocycles. The van der Waals surface area contributed by atoms with Crippen molar-refractivity contribution in [2.45, 2.75) is 26.5 Å². The minimum Gasteiger partial charge on any atom is -0.439 e. The number of nitriles is 1. The van der Waals surface area contributed by atoms with E-state index >= 15 is 0 Å². The largest absolute Gasteiger partial charge is 0.439 e. The summed E-state index contributed by atoms with van der Waals surface area (Å²) in [6.45, 7) is 3.07. The predicted molar refractivity (Wildman–Crippen MR) is 138 cm³/mol. The molecular weight excluding hydrogens is 553 g/mol. The number of pyridine rings is 1. The molecule has 1 aromatic carbocycles. The zero-order valence-electron chi connectivity index (χ0n) is 20.2. The SMILES string of the molecule is CC(C)c1cc(Oc2c(Cl)cc(-n3nc(C#N)c(=O)[nH]c3=O)cc2Cl)nn(COC(=O)c2ccncc2)c1=O. The van der Waals surface area contributed by atoms with Crippen LogP contribution in [-0.2, 0) is 11.5 Å². The van der Waals surface area contributed by atoms with Gasteiger partial charge in [0.05, 0.1) is 21.3 Å². The van der Waals surface area contributed by atoms with Gasteiger partial charge >= 0.3 is 11.7 Å². The number of esters is 1. The maximum atomic E-state index is 12.9. The smallest absolute Gasteiger partial charge is 0.349 e. The van der Waals surface area contributed by atoms with Crippen LogP contribution in [0.25, 0.3) is 5.69 Å². The van der Waals surface area contributed by atoms with Gasteiger partial charge in [-0.2, -0.15) is 14.6 Å². The normalized spacial score (nSPS) is 10.8. The highest BCUT2D eigenvalue weighted by atomic mass is 35.5. The molecule has 0 bridgehead atoms. The Morgan fingerprint density at radius 1 is 1.10 bits per heavy atom. The Bertz CT molecular complexity index is 1770. The third kappa shape index (κ3) is 5.87. The number of nitrogens with one attached hydrogen (secondary N) is 1. The summed E-state index contributed by atoms with van der Waals surface area (Å²) in [7, 11) is 0. The lowest BCUT2D eigenvalue weighted by molar-refractivity contribution is 0.0336. The van der Waals surface area contributed by atoms with E-state index in [2.05, 4.69) is 15.2 Å². The zero-order valence-corrected chi connectivity index (χ0v) is 21.7. The summed E-state index contributed by atoms with van der Waals surface area (Å²) in [5.41, 5.74) is -2.30. The summed E-state index contributed by atoms with van der Waals surface area (Å²) >= 11 is 12.8. The second-order valence-corrected chi connectivity index (χ2v) is 8.98. The third-order valence-electron chi connectivity index (χ3n) is 5.20. The first kappa shape index (κ1) is 27.2. The summed E-state index contributed by atoms with van der Waals surface area (Å²) < 4.78 is 12.7. The van der Waals surface area contributed by atoms with E-state index in [1.165, 1.54) is 42.7 Å². The average molecular weight is 570 g/mol. The van der Waals surface area contributed by atoms with E-state index in [1.807, 2.05) is 4.98 Å². The van der Waals surface area contributed by atoms with E-state index in [-0.39, 0.29) is 38.8 Å². The number of hydrogen-bond acceptors (Lipinski definition) is 10. The van der Waals surface area contributed by atoms with Gasteiger partial charge in [0.25, 0.3) is 11.1 Å². The lowest BCUT2D eigenvalue weighted by Gasteiger charge is -2.15. The summed E-state index contributed by atoms with van der Waals surface area (Å²) in [6, 6.07) is 8.45. The molecule has 0 radical (unpaired) electrons. The number of H-pyrrole nitrogens is 1. The number of carbonyl (C=O) groups is 1. The van der Waals surface area contributed by atoms with E-state index in [1.54, 1.807) is 19.9 Å². The molecule has 0 unspecified atom stereocenters. The standard InChI is InChI=1S/C24H17Cl2N7O6/c1-12(2)15-9-19(31-32(22(15)35)11-38-23(36)13-3-5-28-6-4-13)39-20-16(25)7-14(8-17(20)26)33-24(37)29-21(34)18(10-27)30-33/h3-9,12H,11H2,1-2H3,(H,29,34,37). The fourth-order valence-electron chi connectivity index (χ4n) is 3.30. The van der Waals surface area contributed by atoms with Crippen LogP contribution in [0, 0.1) is 11.3 Å². The van der Waals surface area contributed by atoms with E-state index in [4.69, 9.17) is 37.9 Å². The highest BCUT2D eigenvalue weighted by Gasteiger charge is 2.19. The number of rotatable bonds is 7. The number of hydrogen-bond donors (Lipinski definition) is 1. The molecule has 0 spiro atoms. The van der Waals surface area contributed by atoms with Gasteiger partial charge in [-0.15, -0.1) is 10.2 Å². The first-order valence-electron chi connectivity index (χ1n) is 11.1. The van der Waals surface area contributed by atoms with Gasteiger partial charge in [-0.05, 0) is 30.2 Å². The molecule has 0 aliphatic heterocycles. The predicted octanol–water partition coefficient (Wildman–Crippen LogP) is 2.78. The van der Waals surface area contributed by atoms with Crippen LogP contribution in [-0.4, -0.2) is 35.5 Å². The maximum Gasteiger partial charge on any atom is 0.349 e. The van der Waals surface area contributed by atoms with Gasteiger partial charge in [0.1, 0.15) is 6.07 Å². The van der Waals surface area contributed by atoms with Crippen molar-refractivity contribution in [3.05, 3.63) is 101 Å². The van der Waals surface area contributed by atoms with E-state index in [9.17, 15) is 19.2 Å². The van der Waals surface area contributed by atoms with E-state index < -0.39 is 35.2 Å². The van der Waals surface area contributed by atoms with Crippen LogP contribution in [0.3, 0.4) is 0 Å². The van der Waals surface area contributed by atoms with Crippen LogP contribution in [0.2, 0.25) is 10.0 Å². The van der Waals surface area contributed by atoms with Crippen LogP contribution < -0.4 is 21.5 Å². The van der Waals surface area contributed by atoms with E-state index in [0.717, 1.165) is 9.36 Å². The number of benzene rings is 1. The number of aromatic amines is 1. The van der Waals surface area contributed by atoms with Crippen molar-refractivity contribution in [3.63, 3.8) is 0 Å². The van der Waals surface area contributed by atoms with Crippen LogP contribution >= 0.6 is 23.2 Å². The summed E-state index contributed by atoms with van der Waals surface area (Å²) in [5.74, 6) is -1.08. The van der Waals surface area contributed by atoms with Crippen molar-refractivity contribution < 1.29 is 14.3 Å². The van der Waals surface area contributed by atoms with Gasteiger partial charge in [-0.25, -0.2) is 9.59 Å². The Labute approximate surface area is 228 Å². The van der Waals surface area contributed by atoms with Crippen LogP contribution in [0.5, 0.6) is 11.6 Å². The molecule has 0 atom stereocenters. The maximum absolute atomic E-state index is 12.9. The molecule has 4 aromatic rings. The van der Waals surface area contributed by atoms with Crippen molar-refractivity contribution in [3.8, 4) is 23.4 Å². The van der Waals surface area contributed by atoms with Crippen molar-refractivity contribution >= 4 is 29.2 Å². The number of carbonyl (C=O) groups excluding carboxylic acids is 1. The fourth-order valence-corrected chi connectivity index (χ4v) is 3.85. The molecule has 0 aliphatic carbocycles. The van der Waals surface area contributed by atoms with Crippen molar-refractivity contribution in [1.82, 2.24) is 29.5 Å². The fraction of sp³-hybridized carbons (Fsp3) is 0.167. The highest BCUT2D eigenvalue weighted by Crippen LogP contribution is 2.37. The lowest BCUT2D eigenvalue weighted by Crippen LogP contribution is -2.33. The van der Waals surface area contributed by atoms with E-state index in [0.29, 0.717) is 5.56 Å². The molecular formula is C24H17Cl2N7O6. The molecule has 3 heterocycles. The van der Waals surface area contributed by atoms with Crippen molar-refractivity contribution in [1.29, 1.82) is 5.26 Å². The quantitative estimate of drug-likeness (QED) is 0.325. The minimum absolute atomic E-state index is 0.0407. The number of halogens is 2. The van der Waals surface area contributed by atoms with Crippen LogP contribution in [0.1, 0.15) is 41.4 Å². The van der Waals surface area contributed by atoms with Gasteiger partial charge in [0, 0.05) is 24.0 Å². The van der Waals surface area contributed by atoms with Crippen molar-refractivity contribution in [2.24, 2.45) is 0 Å². The molecule has 15 heteroatoms. The topological polar surface area (TPSA) is 175 Å². The zero-order chi connectivity index (χ0) is 28.3. The second kappa shape index (κ2) is 11.3. The molecule has 0 amide bonds. The number of ether oxygens (including phenoxy) is 2. The monoisotopic (exact) mass is 569 g/mol. The molecule has 1 N–H and O–H groups in total. The Morgan fingerprint density at radius 2 is 1.77 bits per heavy atom. The minimum atomic E-state index is -0.940. The summed E-state index contributed by atoms with van der Waals surface area (Å²) in [4.78, 5) is 54.9. The second-order valence-electron chi connectivity index (χ2n) is 8.17. The molecule has 0 fully saturated rings. The van der Waals surface area contributed by atoms with Gasteiger partial charge in [-0.1, -0.05) is 37.0 Å². The molecule has 4 rings (SSSR count). The van der Waals surface area contributed by atoms with Crippen LogP contribution in [0.4, 0.5) is 0 Å². The lowest BCUT2D eigenvalue weighted by atomic mass is 10.1. The molecule has 198 valence electrons.